The monoisotopic (exact) mass is 429 g/mol. The standard InChI is InChI=1S/C20H20BrN3OS/c1-11-4-9-16(10-12(11)2)23-19(25)17-13(3)22-20(26)24-18(17)14-5-7-15(21)8-6-14/h4-10,18H,1-3H3,(H,23,25)(H2,22,24,26)/t18-/m1/s1. The molecule has 3 N–H and O–H groups in total. The van der Waals surface area contributed by atoms with E-state index < -0.39 is 0 Å². The molecule has 0 bridgehead atoms. The maximum atomic E-state index is 13.0. The molecule has 0 saturated carbocycles. The third-order valence-electron chi connectivity index (χ3n) is 4.48. The Balaban J connectivity index is 1.93. The van der Waals surface area contributed by atoms with Gasteiger partial charge in [-0.1, -0.05) is 34.1 Å². The molecule has 0 aliphatic carbocycles. The van der Waals surface area contributed by atoms with Gasteiger partial charge >= 0.3 is 0 Å². The van der Waals surface area contributed by atoms with Gasteiger partial charge in [-0.05, 0) is 73.9 Å². The van der Waals surface area contributed by atoms with Crippen molar-refractivity contribution in [3.8, 4) is 0 Å². The number of halogens is 1. The predicted molar refractivity (Wildman–Crippen MR) is 113 cm³/mol. The molecule has 3 rings (SSSR count). The van der Waals surface area contributed by atoms with Gasteiger partial charge in [0, 0.05) is 15.9 Å². The first-order valence-electron chi connectivity index (χ1n) is 8.27. The van der Waals surface area contributed by atoms with Crippen molar-refractivity contribution in [2.45, 2.75) is 26.8 Å². The molecule has 1 heterocycles. The Morgan fingerprint density at radius 1 is 1.08 bits per heavy atom. The second-order valence-corrected chi connectivity index (χ2v) is 7.70. The molecular weight excluding hydrogens is 410 g/mol. The fourth-order valence-corrected chi connectivity index (χ4v) is 3.45. The van der Waals surface area contributed by atoms with Gasteiger partial charge in [0.05, 0.1) is 11.6 Å². The number of carbonyl (C=O) groups is 1. The van der Waals surface area contributed by atoms with Crippen LogP contribution in [-0.2, 0) is 4.79 Å². The molecule has 26 heavy (non-hydrogen) atoms. The normalized spacial score (nSPS) is 16.8. The summed E-state index contributed by atoms with van der Waals surface area (Å²) in [5, 5.41) is 9.78. The minimum absolute atomic E-state index is 0.152. The number of allylic oxidation sites excluding steroid dienone is 1. The lowest BCUT2D eigenvalue weighted by atomic mass is 9.95. The van der Waals surface area contributed by atoms with Gasteiger partial charge in [-0.2, -0.15) is 0 Å². The summed E-state index contributed by atoms with van der Waals surface area (Å²) in [5.74, 6) is -0.152. The highest BCUT2D eigenvalue weighted by atomic mass is 79.9. The molecule has 0 unspecified atom stereocenters. The summed E-state index contributed by atoms with van der Waals surface area (Å²) in [7, 11) is 0. The Bertz CT molecular complexity index is 906. The molecule has 1 aliphatic rings. The fraction of sp³-hybridized carbons (Fsp3) is 0.200. The first-order valence-corrected chi connectivity index (χ1v) is 9.47. The number of hydrogen-bond donors (Lipinski definition) is 3. The maximum absolute atomic E-state index is 13.0. The van der Waals surface area contributed by atoms with Crippen LogP contribution in [-0.4, -0.2) is 11.0 Å². The van der Waals surface area contributed by atoms with Crippen LogP contribution >= 0.6 is 28.1 Å². The Labute approximate surface area is 167 Å². The van der Waals surface area contributed by atoms with E-state index >= 15 is 0 Å². The highest BCUT2D eigenvalue weighted by Gasteiger charge is 2.29. The molecule has 0 aromatic heterocycles. The van der Waals surface area contributed by atoms with E-state index in [1.165, 1.54) is 5.56 Å². The molecule has 2 aromatic rings. The summed E-state index contributed by atoms with van der Waals surface area (Å²) in [6, 6.07) is 13.5. The Hall–Kier alpha value is -2.18. The number of hydrogen-bond acceptors (Lipinski definition) is 2. The van der Waals surface area contributed by atoms with E-state index in [9.17, 15) is 4.79 Å². The highest BCUT2D eigenvalue weighted by molar-refractivity contribution is 9.10. The zero-order valence-electron chi connectivity index (χ0n) is 14.8. The highest BCUT2D eigenvalue weighted by Crippen LogP contribution is 2.29. The molecule has 0 radical (unpaired) electrons. The molecule has 2 aromatic carbocycles. The maximum Gasteiger partial charge on any atom is 0.255 e. The van der Waals surface area contributed by atoms with Crippen molar-refractivity contribution in [2.24, 2.45) is 0 Å². The number of nitrogens with one attached hydrogen (secondary N) is 3. The van der Waals surface area contributed by atoms with Crippen molar-refractivity contribution in [1.82, 2.24) is 10.6 Å². The number of amides is 1. The topological polar surface area (TPSA) is 53.2 Å². The number of thiocarbonyl (C=S) groups is 1. The lowest BCUT2D eigenvalue weighted by Gasteiger charge is -2.30. The van der Waals surface area contributed by atoms with Gasteiger partial charge in [-0.25, -0.2) is 0 Å². The first-order chi connectivity index (χ1) is 12.3. The number of anilines is 1. The van der Waals surface area contributed by atoms with E-state index in [-0.39, 0.29) is 11.9 Å². The van der Waals surface area contributed by atoms with Gasteiger partial charge in [0.1, 0.15) is 0 Å². The summed E-state index contributed by atoms with van der Waals surface area (Å²) < 4.78 is 0.986. The lowest BCUT2D eigenvalue weighted by Crippen LogP contribution is -2.45. The van der Waals surface area contributed by atoms with Gasteiger partial charge < -0.3 is 16.0 Å². The Kier molecular flexibility index (Phi) is 5.44. The van der Waals surface area contributed by atoms with Crippen LogP contribution in [0.1, 0.15) is 29.7 Å². The summed E-state index contributed by atoms with van der Waals surface area (Å²) in [6.45, 7) is 5.95. The molecule has 4 nitrogen and oxygen atoms in total. The summed E-state index contributed by atoms with van der Waals surface area (Å²) >= 11 is 8.73. The summed E-state index contributed by atoms with van der Waals surface area (Å²) in [4.78, 5) is 13.0. The van der Waals surface area contributed by atoms with Crippen molar-refractivity contribution < 1.29 is 4.79 Å². The molecule has 1 amide bonds. The molecule has 6 heteroatoms. The van der Waals surface area contributed by atoms with Crippen molar-refractivity contribution in [1.29, 1.82) is 0 Å². The van der Waals surface area contributed by atoms with Gasteiger partial charge in [-0.3, -0.25) is 4.79 Å². The SMILES string of the molecule is CC1=C(C(=O)Nc2ccc(C)c(C)c2)[C@@H](c2ccc(Br)cc2)NC(=S)N1. The van der Waals surface area contributed by atoms with Gasteiger partial charge in [0.25, 0.3) is 5.91 Å². The molecule has 1 aliphatic heterocycles. The van der Waals surface area contributed by atoms with Crippen LogP contribution in [0.15, 0.2) is 58.2 Å². The van der Waals surface area contributed by atoms with Crippen LogP contribution in [0.3, 0.4) is 0 Å². The van der Waals surface area contributed by atoms with Gasteiger partial charge in [-0.15, -0.1) is 0 Å². The molecule has 0 saturated heterocycles. The van der Waals surface area contributed by atoms with E-state index in [1.807, 2.05) is 63.2 Å². The zero-order chi connectivity index (χ0) is 18.8. The Morgan fingerprint density at radius 3 is 2.42 bits per heavy atom. The smallest absolute Gasteiger partial charge is 0.255 e. The Morgan fingerprint density at radius 2 is 1.77 bits per heavy atom. The molecule has 0 fully saturated rings. The third kappa shape index (κ3) is 3.97. The second kappa shape index (κ2) is 7.60. The first kappa shape index (κ1) is 18.6. The quantitative estimate of drug-likeness (QED) is 0.628. The third-order valence-corrected chi connectivity index (χ3v) is 5.23. The van der Waals surface area contributed by atoms with Crippen LogP contribution in [0, 0.1) is 13.8 Å². The van der Waals surface area contributed by atoms with Crippen LogP contribution in [0.25, 0.3) is 0 Å². The van der Waals surface area contributed by atoms with E-state index in [0.29, 0.717) is 10.7 Å². The minimum Gasteiger partial charge on any atom is -0.351 e. The summed E-state index contributed by atoms with van der Waals surface area (Å²) in [6.07, 6.45) is 0. The lowest BCUT2D eigenvalue weighted by molar-refractivity contribution is -0.113. The molecule has 134 valence electrons. The average Bonchev–Trinajstić information content (AvgIpc) is 2.58. The van der Waals surface area contributed by atoms with E-state index in [0.717, 1.165) is 27.0 Å². The fourth-order valence-electron chi connectivity index (χ4n) is 2.92. The summed E-state index contributed by atoms with van der Waals surface area (Å²) in [5.41, 5.74) is 5.46. The van der Waals surface area contributed by atoms with Gasteiger partial charge in [0.2, 0.25) is 0 Å². The van der Waals surface area contributed by atoms with Crippen molar-refractivity contribution >= 4 is 44.9 Å². The van der Waals surface area contributed by atoms with Crippen molar-refractivity contribution in [3.05, 3.63) is 74.9 Å². The molecular formula is C20H20BrN3OS. The van der Waals surface area contributed by atoms with Crippen LogP contribution in [0.2, 0.25) is 0 Å². The van der Waals surface area contributed by atoms with Gasteiger partial charge in [0.15, 0.2) is 5.11 Å². The van der Waals surface area contributed by atoms with E-state index in [4.69, 9.17) is 12.2 Å². The number of benzene rings is 2. The largest absolute Gasteiger partial charge is 0.351 e. The second-order valence-electron chi connectivity index (χ2n) is 6.37. The number of rotatable bonds is 3. The average molecular weight is 430 g/mol. The molecule has 0 spiro atoms. The predicted octanol–water partition coefficient (Wildman–Crippen LogP) is 4.50. The minimum atomic E-state index is -0.302. The van der Waals surface area contributed by atoms with Crippen LogP contribution < -0.4 is 16.0 Å². The molecule has 1 atom stereocenters. The van der Waals surface area contributed by atoms with Crippen molar-refractivity contribution in [3.63, 3.8) is 0 Å². The van der Waals surface area contributed by atoms with Crippen LogP contribution in [0.5, 0.6) is 0 Å². The van der Waals surface area contributed by atoms with E-state index in [2.05, 4.69) is 31.9 Å². The number of aryl methyl sites for hydroxylation is 2. The number of carbonyl (C=O) groups excluding carboxylic acids is 1. The zero-order valence-corrected chi connectivity index (χ0v) is 17.2. The van der Waals surface area contributed by atoms with Crippen molar-refractivity contribution in [2.75, 3.05) is 5.32 Å². The van der Waals surface area contributed by atoms with Crippen LogP contribution in [0.4, 0.5) is 5.69 Å². The van der Waals surface area contributed by atoms with E-state index in [1.54, 1.807) is 0 Å².